The second-order valence-corrected chi connectivity index (χ2v) is 7.53. The zero-order chi connectivity index (χ0) is 22.1. The lowest BCUT2D eigenvalue weighted by Crippen LogP contribution is -2.23. The Bertz CT molecular complexity index is 1270. The summed E-state index contributed by atoms with van der Waals surface area (Å²) in [5.41, 5.74) is 1.60. The number of carbonyl (C=O) groups is 4. The number of hydrogen-bond donors (Lipinski definition) is 1. The smallest absolute Gasteiger partial charge is 0.338 e. The van der Waals surface area contributed by atoms with Gasteiger partial charge in [0.2, 0.25) is 0 Å². The Labute approximate surface area is 186 Å². The number of nitrogens with one attached hydrogen (secondary N) is 1. The molecule has 0 radical (unpaired) electrons. The Morgan fingerprint density at radius 2 is 1.42 bits per heavy atom. The monoisotopic (exact) mass is 453 g/mol. The average molecular weight is 454 g/mol. The Morgan fingerprint density at radius 3 is 2.10 bits per heavy atom. The number of ketones is 2. The number of amides is 1. The first-order valence-corrected chi connectivity index (χ1v) is 9.85. The van der Waals surface area contributed by atoms with Gasteiger partial charge in [0.1, 0.15) is 0 Å². The van der Waals surface area contributed by atoms with E-state index < -0.39 is 18.5 Å². The molecule has 0 saturated carbocycles. The van der Waals surface area contributed by atoms with Gasteiger partial charge in [-0.25, -0.2) is 4.79 Å². The second-order valence-electron chi connectivity index (χ2n) is 6.72. The van der Waals surface area contributed by atoms with Gasteiger partial charge < -0.3 is 10.1 Å². The van der Waals surface area contributed by atoms with E-state index in [-0.39, 0.29) is 33.3 Å². The number of halogens is 2. The molecule has 0 spiro atoms. The maximum Gasteiger partial charge on any atom is 0.338 e. The van der Waals surface area contributed by atoms with Crippen LogP contribution in [0.25, 0.3) is 0 Å². The second kappa shape index (κ2) is 8.34. The van der Waals surface area contributed by atoms with E-state index >= 15 is 0 Å². The number of rotatable bonds is 4. The number of anilines is 1. The fraction of sp³-hybridized carbons (Fsp3) is 0.0435. The molecule has 0 aliphatic heterocycles. The van der Waals surface area contributed by atoms with Crippen LogP contribution in [0.15, 0.2) is 60.7 Å². The van der Waals surface area contributed by atoms with Gasteiger partial charge in [0.15, 0.2) is 18.2 Å². The van der Waals surface area contributed by atoms with Gasteiger partial charge in [0.25, 0.3) is 5.91 Å². The highest BCUT2D eigenvalue weighted by molar-refractivity contribution is 6.42. The summed E-state index contributed by atoms with van der Waals surface area (Å²) in [5, 5.41) is 3.03. The van der Waals surface area contributed by atoms with E-state index in [9.17, 15) is 19.2 Å². The van der Waals surface area contributed by atoms with Crippen molar-refractivity contribution >= 4 is 52.3 Å². The first-order chi connectivity index (χ1) is 14.8. The van der Waals surface area contributed by atoms with E-state index in [1.54, 1.807) is 24.3 Å². The van der Waals surface area contributed by atoms with Gasteiger partial charge in [-0.15, -0.1) is 0 Å². The van der Waals surface area contributed by atoms with Gasteiger partial charge >= 0.3 is 5.97 Å². The van der Waals surface area contributed by atoms with E-state index in [4.69, 9.17) is 27.9 Å². The van der Waals surface area contributed by atoms with Crippen LogP contribution in [0.4, 0.5) is 5.69 Å². The Kier molecular flexibility index (Phi) is 5.59. The fourth-order valence-corrected chi connectivity index (χ4v) is 3.51. The van der Waals surface area contributed by atoms with E-state index in [1.807, 2.05) is 0 Å². The van der Waals surface area contributed by atoms with Gasteiger partial charge in [-0.1, -0.05) is 47.5 Å². The molecule has 0 aromatic heterocycles. The molecule has 31 heavy (non-hydrogen) atoms. The zero-order valence-corrected chi connectivity index (χ0v) is 17.3. The number of benzene rings is 3. The van der Waals surface area contributed by atoms with Gasteiger partial charge in [-0.3, -0.25) is 14.4 Å². The predicted octanol–water partition coefficient (Wildman–Crippen LogP) is 4.56. The van der Waals surface area contributed by atoms with Crippen molar-refractivity contribution < 1.29 is 23.9 Å². The normalized spacial score (nSPS) is 12.1. The van der Waals surface area contributed by atoms with Crippen LogP contribution >= 0.6 is 23.2 Å². The fourth-order valence-electron chi connectivity index (χ4n) is 3.21. The lowest BCUT2D eigenvalue weighted by atomic mass is 9.84. The SMILES string of the molecule is O=C(COC(=O)c1ccc(Cl)c(Cl)c1)Nc1ccc2c(c1)C(=O)c1ccccc1C2=O. The molecule has 0 bridgehead atoms. The van der Waals surface area contributed by atoms with Crippen LogP contribution in [0, 0.1) is 0 Å². The molecule has 6 nitrogen and oxygen atoms in total. The molecule has 154 valence electrons. The van der Waals surface area contributed by atoms with Crippen LogP contribution < -0.4 is 5.32 Å². The first kappa shape index (κ1) is 20.8. The molecule has 1 aliphatic rings. The largest absolute Gasteiger partial charge is 0.452 e. The molecule has 0 unspecified atom stereocenters. The van der Waals surface area contributed by atoms with E-state index in [0.717, 1.165) is 0 Å². The molecular formula is C23H13Cl2NO5. The van der Waals surface area contributed by atoms with Crippen LogP contribution in [0.5, 0.6) is 0 Å². The standard InChI is InChI=1S/C23H13Cl2NO5/c24-18-8-5-12(9-19(18)25)23(30)31-11-20(27)26-13-6-7-16-17(10-13)22(29)15-4-2-1-3-14(15)21(16)28/h1-10H,11H2,(H,26,27). The molecule has 0 atom stereocenters. The maximum absolute atomic E-state index is 12.8. The molecule has 3 aromatic carbocycles. The van der Waals surface area contributed by atoms with Gasteiger partial charge in [0, 0.05) is 27.9 Å². The van der Waals surface area contributed by atoms with Crippen molar-refractivity contribution in [1.29, 1.82) is 0 Å². The van der Waals surface area contributed by atoms with Crippen molar-refractivity contribution in [2.45, 2.75) is 0 Å². The number of carbonyl (C=O) groups excluding carboxylic acids is 4. The van der Waals surface area contributed by atoms with Crippen LogP contribution in [-0.2, 0) is 9.53 Å². The van der Waals surface area contributed by atoms with Crippen molar-refractivity contribution in [3.05, 3.63) is 98.5 Å². The molecule has 1 aliphatic carbocycles. The average Bonchev–Trinajstić information content (AvgIpc) is 2.77. The van der Waals surface area contributed by atoms with Gasteiger partial charge in [-0.2, -0.15) is 0 Å². The third-order valence-corrected chi connectivity index (χ3v) is 5.44. The maximum atomic E-state index is 12.8. The molecule has 3 aromatic rings. The molecule has 8 heteroatoms. The quantitative estimate of drug-likeness (QED) is 0.457. The minimum absolute atomic E-state index is 0.152. The summed E-state index contributed by atoms with van der Waals surface area (Å²) in [6.45, 7) is -0.550. The molecule has 1 amide bonds. The third kappa shape index (κ3) is 4.08. The van der Waals surface area contributed by atoms with Crippen LogP contribution in [-0.4, -0.2) is 30.0 Å². The molecule has 0 heterocycles. The molecular weight excluding hydrogens is 441 g/mol. The zero-order valence-electron chi connectivity index (χ0n) is 15.8. The van der Waals surface area contributed by atoms with E-state index in [1.165, 1.54) is 36.4 Å². The highest BCUT2D eigenvalue weighted by Gasteiger charge is 2.29. The summed E-state index contributed by atoms with van der Waals surface area (Å²) < 4.78 is 4.98. The summed E-state index contributed by atoms with van der Waals surface area (Å²) >= 11 is 11.7. The van der Waals surface area contributed by atoms with Crippen molar-refractivity contribution in [2.75, 3.05) is 11.9 Å². The predicted molar refractivity (Wildman–Crippen MR) is 115 cm³/mol. The molecule has 4 rings (SSSR count). The third-order valence-electron chi connectivity index (χ3n) is 4.70. The summed E-state index contributed by atoms with van der Waals surface area (Å²) in [4.78, 5) is 49.7. The summed E-state index contributed by atoms with van der Waals surface area (Å²) in [5.74, 6) is -1.90. The van der Waals surface area contributed by atoms with E-state index in [2.05, 4.69) is 5.32 Å². The highest BCUT2D eigenvalue weighted by atomic mass is 35.5. The lowest BCUT2D eigenvalue weighted by Gasteiger charge is -2.18. The van der Waals surface area contributed by atoms with Crippen molar-refractivity contribution in [3.63, 3.8) is 0 Å². The van der Waals surface area contributed by atoms with Crippen molar-refractivity contribution in [2.24, 2.45) is 0 Å². The number of hydrogen-bond acceptors (Lipinski definition) is 5. The molecule has 0 saturated heterocycles. The first-order valence-electron chi connectivity index (χ1n) is 9.09. The Morgan fingerprint density at radius 1 is 0.774 bits per heavy atom. The number of ether oxygens (including phenoxy) is 1. The molecule has 1 N–H and O–H groups in total. The summed E-state index contributed by atoms with van der Waals surface area (Å²) in [7, 11) is 0. The summed E-state index contributed by atoms with van der Waals surface area (Å²) in [6.07, 6.45) is 0. The topological polar surface area (TPSA) is 89.5 Å². The van der Waals surface area contributed by atoms with Crippen molar-refractivity contribution in [1.82, 2.24) is 0 Å². The highest BCUT2D eigenvalue weighted by Crippen LogP contribution is 2.29. The number of fused-ring (bicyclic) bond motifs is 2. The van der Waals surface area contributed by atoms with Crippen LogP contribution in [0.2, 0.25) is 10.0 Å². The Hall–Kier alpha value is -3.48. The molecule has 0 fully saturated rings. The minimum atomic E-state index is -0.739. The lowest BCUT2D eigenvalue weighted by molar-refractivity contribution is -0.119. The Balaban J connectivity index is 1.45. The van der Waals surface area contributed by atoms with Crippen molar-refractivity contribution in [3.8, 4) is 0 Å². The van der Waals surface area contributed by atoms with Gasteiger partial charge in [0.05, 0.1) is 15.6 Å². The van der Waals surface area contributed by atoms with E-state index in [0.29, 0.717) is 21.8 Å². The number of esters is 1. The minimum Gasteiger partial charge on any atom is -0.452 e. The van der Waals surface area contributed by atoms with Crippen LogP contribution in [0.3, 0.4) is 0 Å². The summed E-state index contributed by atoms with van der Waals surface area (Å²) in [6, 6.07) is 15.2. The van der Waals surface area contributed by atoms with Gasteiger partial charge in [-0.05, 0) is 36.4 Å². The van der Waals surface area contributed by atoms with Crippen LogP contribution in [0.1, 0.15) is 42.2 Å².